The summed E-state index contributed by atoms with van der Waals surface area (Å²) >= 11 is 1.53. The standard InChI is InChI=1S/C8H4F4INO2/c9-4-2-5(13)6(14-7(15)16)1-3(4)8(10,11)12/h1-2,14H,(H,15,16). The highest BCUT2D eigenvalue weighted by atomic mass is 127. The van der Waals surface area contributed by atoms with Gasteiger partial charge in [0.15, 0.2) is 0 Å². The second kappa shape index (κ2) is 4.44. The van der Waals surface area contributed by atoms with Gasteiger partial charge in [-0.05, 0) is 34.7 Å². The van der Waals surface area contributed by atoms with Crippen LogP contribution in [0.5, 0.6) is 0 Å². The molecule has 0 spiro atoms. The molecule has 0 aliphatic heterocycles. The molecular weight excluding hydrogens is 345 g/mol. The first kappa shape index (κ1) is 13.0. The van der Waals surface area contributed by atoms with Crippen LogP contribution in [0.2, 0.25) is 0 Å². The molecule has 3 nitrogen and oxygen atoms in total. The van der Waals surface area contributed by atoms with Crippen molar-refractivity contribution in [1.29, 1.82) is 0 Å². The first-order valence-electron chi connectivity index (χ1n) is 3.78. The second-order valence-corrected chi connectivity index (χ2v) is 3.90. The zero-order valence-electron chi connectivity index (χ0n) is 7.40. The van der Waals surface area contributed by atoms with E-state index in [1.807, 2.05) is 0 Å². The van der Waals surface area contributed by atoms with Crippen molar-refractivity contribution >= 4 is 34.4 Å². The number of hydrogen-bond acceptors (Lipinski definition) is 1. The number of carbonyl (C=O) groups is 1. The largest absolute Gasteiger partial charge is 0.465 e. The van der Waals surface area contributed by atoms with E-state index in [1.54, 1.807) is 5.32 Å². The van der Waals surface area contributed by atoms with Crippen LogP contribution in [0.15, 0.2) is 12.1 Å². The molecule has 2 N–H and O–H groups in total. The lowest BCUT2D eigenvalue weighted by Gasteiger charge is -2.11. The summed E-state index contributed by atoms with van der Waals surface area (Å²) in [5.74, 6) is -1.44. The van der Waals surface area contributed by atoms with Gasteiger partial charge < -0.3 is 5.11 Å². The molecule has 0 heterocycles. The van der Waals surface area contributed by atoms with E-state index in [0.29, 0.717) is 12.1 Å². The molecular formula is C8H4F4INO2. The molecule has 1 amide bonds. The Bertz CT molecular complexity index is 433. The van der Waals surface area contributed by atoms with E-state index in [2.05, 4.69) is 0 Å². The molecule has 0 saturated carbocycles. The Kier molecular flexibility index (Phi) is 3.61. The highest BCUT2D eigenvalue weighted by molar-refractivity contribution is 14.1. The Labute approximate surface area is 101 Å². The lowest BCUT2D eigenvalue weighted by atomic mass is 10.2. The van der Waals surface area contributed by atoms with Crippen molar-refractivity contribution < 1.29 is 27.5 Å². The molecule has 1 rings (SSSR count). The normalized spacial score (nSPS) is 11.3. The van der Waals surface area contributed by atoms with Crippen molar-refractivity contribution in [2.24, 2.45) is 0 Å². The number of hydrogen-bond donors (Lipinski definition) is 2. The average molecular weight is 349 g/mol. The number of carboxylic acid groups (broad SMARTS) is 1. The fourth-order valence-corrected chi connectivity index (χ4v) is 1.54. The number of nitrogens with one attached hydrogen (secondary N) is 1. The van der Waals surface area contributed by atoms with Crippen LogP contribution in [0, 0.1) is 9.39 Å². The van der Waals surface area contributed by atoms with Crippen LogP contribution in [0.25, 0.3) is 0 Å². The summed E-state index contributed by atoms with van der Waals surface area (Å²) in [6, 6.07) is 1.04. The molecule has 0 aliphatic carbocycles. The van der Waals surface area contributed by atoms with E-state index in [-0.39, 0.29) is 9.26 Å². The number of amides is 1. The maximum absolute atomic E-state index is 13.0. The van der Waals surface area contributed by atoms with Crippen LogP contribution >= 0.6 is 22.6 Å². The van der Waals surface area contributed by atoms with Gasteiger partial charge in [-0.25, -0.2) is 9.18 Å². The number of alkyl halides is 3. The van der Waals surface area contributed by atoms with E-state index < -0.39 is 23.7 Å². The Morgan fingerprint density at radius 2 is 1.94 bits per heavy atom. The zero-order valence-corrected chi connectivity index (χ0v) is 9.56. The Balaban J connectivity index is 3.27. The summed E-state index contributed by atoms with van der Waals surface area (Å²) in [7, 11) is 0. The summed E-state index contributed by atoms with van der Waals surface area (Å²) < 4.78 is 49.9. The van der Waals surface area contributed by atoms with Crippen LogP contribution in [-0.4, -0.2) is 11.2 Å². The number of anilines is 1. The Hall–Kier alpha value is -1.06. The second-order valence-electron chi connectivity index (χ2n) is 2.74. The van der Waals surface area contributed by atoms with Crippen LogP contribution in [0.1, 0.15) is 5.56 Å². The molecule has 0 radical (unpaired) electrons. The van der Waals surface area contributed by atoms with Gasteiger partial charge in [0.05, 0.1) is 11.3 Å². The highest BCUT2D eigenvalue weighted by Gasteiger charge is 2.35. The topological polar surface area (TPSA) is 49.3 Å². The lowest BCUT2D eigenvalue weighted by molar-refractivity contribution is -0.139. The van der Waals surface area contributed by atoms with E-state index in [1.165, 1.54) is 22.6 Å². The molecule has 0 atom stereocenters. The minimum Gasteiger partial charge on any atom is -0.465 e. The fourth-order valence-electron chi connectivity index (χ4n) is 0.977. The van der Waals surface area contributed by atoms with Gasteiger partial charge >= 0.3 is 12.3 Å². The van der Waals surface area contributed by atoms with Crippen LogP contribution in [-0.2, 0) is 6.18 Å². The lowest BCUT2D eigenvalue weighted by Crippen LogP contribution is -2.13. The van der Waals surface area contributed by atoms with Crippen LogP contribution in [0.4, 0.5) is 28.0 Å². The molecule has 0 aromatic heterocycles. The monoisotopic (exact) mass is 349 g/mol. The molecule has 0 bridgehead atoms. The van der Waals surface area contributed by atoms with Gasteiger partial charge in [-0.15, -0.1) is 0 Å². The predicted octanol–water partition coefficient (Wildman–Crippen LogP) is 3.54. The van der Waals surface area contributed by atoms with E-state index in [9.17, 15) is 22.4 Å². The molecule has 88 valence electrons. The van der Waals surface area contributed by atoms with Crippen molar-refractivity contribution in [3.05, 3.63) is 27.1 Å². The van der Waals surface area contributed by atoms with Gasteiger partial charge in [-0.3, -0.25) is 5.32 Å². The van der Waals surface area contributed by atoms with Crippen LogP contribution < -0.4 is 5.32 Å². The summed E-state index contributed by atoms with van der Waals surface area (Å²) in [6.07, 6.45) is -6.37. The van der Waals surface area contributed by atoms with Crippen LogP contribution in [0.3, 0.4) is 0 Å². The quantitative estimate of drug-likeness (QED) is 0.602. The van der Waals surface area contributed by atoms with Crippen molar-refractivity contribution in [2.45, 2.75) is 6.18 Å². The molecule has 0 fully saturated rings. The van der Waals surface area contributed by atoms with Crippen molar-refractivity contribution in [1.82, 2.24) is 0 Å². The SMILES string of the molecule is O=C(O)Nc1cc(C(F)(F)F)c(F)cc1I. The summed E-state index contributed by atoms with van der Waals surface area (Å²) in [5.41, 5.74) is -1.81. The molecule has 0 unspecified atom stereocenters. The molecule has 0 aliphatic rings. The smallest absolute Gasteiger partial charge is 0.419 e. The predicted molar refractivity (Wildman–Crippen MR) is 55.8 cm³/mol. The highest BCUT2D eigenvalue weighted by Crippen LogP contribution is 2.34. The fraction of sp³-hybridized carbons (Fsp3) is 0.125. The van der Waals surface area contributed by atoms with E-state index in [4.69, 9.17) is 5.11 Å². The Morgan fingerprint density at radius 1 is 1.38 bits per heavy atom. The first-order valence-corrected chi connectivity index (χ1v) is 4.86. The molecule has 0 saturated heterocycles. The number of halogens is 5. The van der Waals surface area contributed by atoms with Gasteiger partial charge in [-0.2, -0.15) is 13.2 Å². The third-order valence-corrected chi connectivity index (χ3v) is 2.50. The van der Waals surface area contributed by atoms with E-state index in [0.717, 1.165) is 0 Å². The number of rotatable bonds is 1. The third-order valence-electron chi connectivity index (χ3n) is 1.60. The average Bonchev–Trinajstić information content (AvgIpc) is 2.06. The van der Waals surface area contributed by atoms with Gasteiger partial charge in [0.25, 0.3) is 0 Å². The maximum Gasteiger partial charge on any atom is 0.419 e. The molecule has 1 aromatic carbocycles. The maximum atomic E-state index is 13.0. The minimum absolute atomic E-state index is 0.0468. The number of benzene rings is 1. The zero-order chi connectivity index (χ0) is 12.5. The molecule has 8 heteroatoms. The minimum atomic E-state index is -4.86. The van der Waals surface area contributed by atoms with Gasteiger partial charge in [0, 0.05) is 3.57 Å². The first-order chi connectivity index (χ1) is 7.21. The molecule has 16 heavy (non-hydrogen) atoms. The van der Waals surface area contributed by atoms with Gasteiger partial charge in [0.2, 0.25) is 0 Å². The summed E-state index contributed by atoms with van der Waals surface area (Å²) in [4.78, 5) is 10.3. The van der Waals surface area contributed by atoms with E-state index >= 15 is 0 Å². The van der Waals surface area contributed by atoms with Gasteiger partial charge in [0.1, 0.15) is 5.82 Å². The third kappa shape index (κ3) is 2.97. The molecule has 1 aromatic rings. The van der Waals surface area contributed by atoms with Gasteiger partial charge in [-0.1, -0.05) is 0 Å². The summed E-state index contributed by atoms with van der Waals surface area (Å²) in [6.45, 7) is 0. The Morgan fingerprint density at radius 3 is 2.38 bits per heavy atom. The van der Waals surface area contributed by atoms with Crippen molar-refractivity contribution in [2.75, 3.05) is 5.32 Å². The van der Waals surface area contributed by atoms with Crippen molar-refractivity contribution in [3.63, 3.8) is 0 Å². The summed E-state index contributed by atoms with van der Waals surface area (Å²) in [5, 5.41) is 10.1. The van der Waals surface area contributed by atoms with Crippen molar-refractivity contribution in [3.8, 4) is 0 Å².